The minimum absolute atomic E-state index is 0.379. The summed E-state index contributed by atoms with van der Waals surface area (Å²) in [5.41, 5.74) is 7.25. The van der Waals surface area contributed by atoms with E-state index in [4.69, 9.17) is 17.3 Å². The van der Waals surface area contributed by atoms with Crippen LogP contribution in [0, 0.1) is 0 Å². The number of aromatic amines is 1. The van der Waals surface area contributed by atoms with E-state index in [1.165, 1.54) is 0 Å². The van der Waals surface area contributed by atoms with E-state index in [0.717, 1.165) is 5.56 Å². The first-order chi connectivity index (χ1) is 7.24. The second kappa shape index (κ2) is 4.18. The van der Waals surface area contributed by atoms with Gasteiger partial charge in [-0.2, -0.15) is 5.10 Å². The number of anilines is 2. The van der Waals surface area contributed by atoms with Gasteiger partial charge in [0, 0.05) is 30.1 Å². The molecule has 78 valence electrons. The lowest BCUT2D eigenvalue weighted by Gasteiger charge is -2.04. The van der Waals surface area contributed by atoms with Gasteiger partial charge in [-0.05, 0) is 6.07 Å². The van der Waals surface area contributed by atoms with Gasteiger partial charge in [0.2, 0.25) is 0 Å². The molecule has 0 aliphatic rings. The molecule has 0 bridgehead atoms. The molecule has 0 fully saturated rings. The average Bonchev–Trinajstić information content (AvgIpc) is 2.65. The predicted molar refractivity (Wildman–Crippen MR) is 59.6 cm³/mol. The van der Waals surface area contributed by atoms with Crippen molar-refractivity contribution in [2.45, 2.75) is 6.54 Å². The van der Waals surface area contributed by atoms with Crippen LogP contribution in [0.1, 0.15) is 5.56 Å². The zero-order valence-electron chi connectivity index (χ0n) is 7.87. The van der Waals surface area contributed by atoms with E-state index >= 15 is 0 Å². The maximum Gasteiger partial charge on any atom is 0.133 e. The summed E-state index contributed by atoms with van der Waals surface area (Å²) in [5, 5.41) is 10.0. The molecule has 0 saturated carbocycles. The van der Waals surface area contributed by atoms with Gasteiger partial charge in [0.25, 0.3) is 0 Å². The van der Waals surface area contributed by atoms with Crippen molar-refractivity contribution in [1.82, 2.24) is 15.2 Å². The highest BCUT2D eigenvalue weighted by Gasteiger charge is 1.99. The van der Waals surface area contributed by atoms with Gasteiger partial charge in [-0.3, -0.25) is 5.10 Å². The highest BCUT2D eigenvalue weighted by Crippen LogP contribution is 2.16. The van der Waals surface area contributed by atoms with E-state index in [9.17, 15) is 0 Å². The van der Waals surface area contributed by atoms with Crippen molar-refractivity contribution in [3.8, 4) is 0 Å². The molecule has 0 spiro atoms. The van der Waals surface area contributed by atoms with Gasteiger partial charge >= 0.3 is 0 Å². The van der Waals surface area contributed by atoms with E-state index in [0.29, 0.717) is 23.2 Å². The number of pyridine rings is 1. The number of hydrogen-bond acceptors (Lipinski definition) is 4. The minimum Gasteiger partial charge on any atom is -0.399 e. The molecule has 0 atom stereocenters. The van der Waals surface area contributed by atoms with Crippen LogP contribution in [0.2, 0.25) is 5.15 Å². The lowest BCUT2D eigenvalue weighted by molar-refractivity contribution is 1.09. The molecule has 2 aromatic rings. The van der Waals surface area contributed by atoms with Crippen molar-refractivity contribution in [2.75, 3.05) is 11.1 Å². The van der Waals surface area contributed by atoms with Crippen molar-refractivity contribution in [1.29, 1.82) is 0 Å². The van der Waals surface area contributed by atoms with Crippen LogP contribution in [0.15, 0.2) is 24.5 Å². The Morgan fingerprint density at radius 1 is 1.47 bits per heavy atom. The number of nitrogens with one attached hydrogen (secondary N) is 2. The van der Waals surface area contributed by atoms with E-state index < -0.39 is 0 Å². The quantitative estimate of drug-likeness (QED) is 0.692. The second-order valence-electron chi connectivity index (χ2n) is 3.07. The molecule has 0 radical (unpaired) electrons. The van der Waals surface area contributed by atoms with Gasteiger partial charge in [0.15, 0.2) is 0 Å². The third-order valence-corrected chi connectivity index (χ3v) is 2.04. The Kier molecular flexibility index (Phi) is 2.73. The van der Waals surface area contributed by atoms with Gasteiger partial charge in [-0.15, -0.1) is 0 Å². The fourth-order valence-corrected chi connectivity index (χ4v) is 1.39. The number of rotatable bonds is 3. The maximum atomic E-state index is 5.76. The first kappa shape index (κ1) is 9.79. The largest absolute Gasteiger partial charge is 0.399 e. The van der Waals surface area contributed by atoms with Crippen LogP contribution in [0.25, 0.3) is 0 Å². The van der Waals surface area contributed by atoms with E-state index in [1.807, 2.05) is 0 Å². The monoisotopic (exact) mass is 223 g/mol. The first-order valence-electron chi connectivity index (χ1n) is 4.38. The van der Waals surface area contributed by atoms with Gasteiger partial charge in [-0.1, -0.05) is 11.6 Å². The molecular formula is C9H10ClN5. The third kappa shape index (κ3) is 2.60. The molecule has 15 heavy (non-hydrogen) atoms. The molecule has 0 aliphatic carbocycles. The number of halogens is 1. The van der Waals surface area contributed by atoms with Gasteiger partial charge < -0.3 is 11.1 Å². The van der Waals surface area contributed by atoms with Crippen LogP contribution < -0.4 is 11.1 Å². The first-order valence-corrected chi connectivity index (χ1v) is 4.76. The van der Waals surface area contributed by atoms with Crippen LogP contribution >= 0.6 is 11.6 Å². The normalized spacial score (nSPS) is 10.2. The molecule has 0 aromatic carbocycles. The van der Waals surface area contributed by atoms with Crippen LogP contribution in [0.4, 0.5) is 11.5 Å². The predicted octanol–water partition coefficient (Wildman–Crippen LogP) is 1.65. The molecule has 2 rings (SSSR count). The Hall–Kier alpha value is -1.75. The zero-order chi connectivity index (χ0) is 10.7. The molecule has 5 nitrogen and oxygen atoms in total. The van der Waals surface area contributed by atoms with Crippen LogP contribution in [0.5, 0.6) is 0 Å². The van der Waals surface area contributed by atoms with E-state index in [-0.39, 0.29) is 0 Å². The Balaban J connectivity index is 2.05. The lowest BCUT2D eigenvalue weighted by Crippen LogP contribution is -2.01. The maximum absolute atomic E-state index is 5.76. The number of hydrogen-bond donors (Lipinski definition) is 3. The SMILES string of the molecule is Nc1cc(Cl)nc(NCc2cn[nH]c2)c1. The van der Waals surface area contributed by atoms with Crippen molar-refractivity contribution in [2.24, 2.45) is 0 Å². The standard InChI is InChI=1S/C9H10ClN5/c10-8-1-7(11)2-9(15-8)12-3-6-4-13-14-5-6/h1-2,4-5H,3H2,(H,13,14)(H3,11,12,15). The lowest BCUT2D eigenvalue weighted by atomic mass is 10.3. The zero-order valence-corrected chi connectivity index (χ0v) is 8.62. The number of nitrogen functional groups attached to an aromatic ring is 1. The smallest absolute Gasteiger partial charge is 0.133 e. The molecular weight excluding hydrogens is 214 g/mol. The van der Waals surface area contributed by atoms with Crippen molar-refractivity contribution in [3.05, 3.63) is 35.2 Å². The average molecular weight is 224 g/mol. The summed E-state index contributed by atoms with van der Waals surface area (Å²) in [6, 6.07) is 3.33. The Labute approximate surface area is 91.7 Å². The second-order valence-corrected chi connectivity index (χ2v) is 3.46. The summed E-state index contributed by atoms with van der Waals surface area (Å²) in [5.74, 6) is 0.654. The molecule has 4 N–H and O–H groups in total. The summed E-state index contributed by atoms with van der Waals surface area (Å²) in [6.45, 7) is 0.628. The fraction of sp³-hybridized carbons (Fsp3) is 0.111. The number of nitrogens with two attached hydrogens (primary N) is 1. The molecule has 6 heteroatoms. The Morgan fingerprint density at radius 3 is 3.00 bits per heavy atom. The number of H-pyrrole nitrogens is 1. The Bertz CT molecular complexity index is 420. The third-order valence-electron chi connectivity index (χ3n) is 1.84. The van der Waals surface area contributed by atoms with Crippen molar-refractivity contribution >= 4 is 23.1 Å². The van der Waals surface area contributed by atoms with E-state index in [2.05, 4.69) is 20.5 Å². The summed E-state index contributed by atoms with van der Waals surface area (Å²) >= 11 is 5.76. The van der Waals surface area contributed by atoms with Crippen molar-refractivity contribution < 1.29 is 0 Å². The molecule has 0 amide bonds. The highest BCUT2D eigenvalue weighted by molar-refractivity contribution is 6.29. The number of nitrogens with zero attached hydrogens (tertiary/aromatic N) is 2. The van der Waals surface area contributed by atoms with Gasteiger partial charge in [-0.25, -0.2) is 4.98 Å². The van der Waals surface area contributed by atoms with Crippen LogP contribution in [-0.2, 0) is 6.54 Å². The van der Waals surface area contributed by atoms with Crippen molar-refractivity contribution in [3.63, 3.8) is 0 Å². The summed E-state index contributed by atoms with van der Waals surface area (Å²) in [4.78, 5) is 4.08. The molecule has 2 heterocycles. The summed E-state index contributed by atoms with van der Waals surface area (Å²) in [7, 11) is 0. The van der Waals surface area contributed by atoms with Gasteiger partial charge in [0.1, 0.15) is 11.0 Å². The number of aromatic nitrogens is 3. The summed E-state index contributed by atoms with van der Waals surface area (Å²) in [6.07, 6.45) is 3.54. The van der Waals surface area contributed by atoms with Crippen LogP contribution in [-0.4, -0.2) is 15.2 Å². The van der Waals surface area contributed by atoms with Crippen LogP contribution in [0.3, 0.4) is 0 Å². The topological polar surface area (TPSA) is 79.6 Å². The minimum atomic E-state index is 0.379. The molecule has 0 unspecified atom stereocenters. The molecule has 2 aromatic heterocycles. The molecule has 0 aliphatic heterocycles. The Morgan fingerprint density at radius 2 is 2.33 bits per heavy atom. The fourth-order valence-electron chi connectivity index (χ4n) is 1.17. The van der Waals surface area contributed by atoms with E-state index in [1.54, 1.807) is 24.5 Å². The highest BCUT2D eigenvalue weighted by atomic mass is 35.5. The summed E-state index contributed by atoms with van der Waals surface area (Å²) < 4.78 is 0. The van der Waals surface area contributed by atoms with Gasteiger partial charge in [0.05, 0.1) is 6.20 Å². The molecule has 0 saturated heterocycles.